The standard InChI is InChI=1S/C24H30N4O3/c1-16-22(30-15-18-2-3-18)7-5-19-20(27-31-23(16)19)6-4-17-8-12-28(13-9-17)14-21-24(29)26-11-10-25-21/h5,7,10-11,17-18H,2-4,6,8-9,12-15H2,1H3,(H,26,29). The van der Waals surface area contributed by atoms with Crippen molar-refractivity contribution in [2.75, 3.05) is 19.7 Å². The van der Waals surface area contributed by atoms with Gasteiger partial charge in [-0.1, -0.05) is 5.16 Å². The molecule has 0 atom stereocenters. The van der Waals surface area contributed by atoms with Crippen LogP contribution in [0.15, 0.2) is 33.8 Å². The van der Waals surface area contributed by atoms with E-state index in [1.807, 2.05) is 0 Å². The van der Waals surface area contributed by atoms with Crippen molar-refractivity contribution in [3.8, 4) is 5.75 Å². The summed E-state index contributed by atoms with van der Waals surface area (Å²) in [6, 6.07) is 4.17. The molecule has 0 amide bonds. The van der Waals surface area contributed by atoms with Crippen LogP contribution in [0.3, 0.4) is 0 Å². The maximum atomic E-state index is 11.8. The van der Waals surface area contributed by atoms with Crippen LogP contribution in [0.25, 0.3) is 11.0 Å². The normalized spacial score (nSPS) is 18.0. The summed E-state index contributed by atoms with van der Waals surface area (Å²) in [4.78, 5) is 21.1. The summed E-state index contributed by atoms with van der Waals surface area (Å²) in [5, 5.41) is 5.50. The number of hydrogen-bond acceptors (Lipinski definition) is 6. The second kappa shape index (κ2) is 8.83. The first kappa shape index (κ1) is 20.2. The first-order chi connectivity index (χ1) is 15.2. The van der Waals surface area contributed by atoms with Gasteiger partial charge in [0.1, 0.15) is 11.4 Å². The summed E-state index contributed by atoms with van der Waals surface area (Å²) in [7, 11) is 0. The monoisotopic (exact) mass is 422 g/mol. The lowest BCUT2D eigenvalue weighted by Crippen LogP contribution is -2.35. The molecule has 3 heterocycles. The van der Waals surface area contributed by atoms with E-state index < -0.39 is 0 Å². The number of rotatable bonds is 8. The number of fused-ring (bicyclic) bond motifs is 1. The number of likely N-dealkylation sites (tertiary alicyclic amines) is 1. The van der Waals surface area contributed by atoms with Gasteiger partial charge in [0.2, 0.25) is 0 Å². The maximum absolute atomic E-state index is 11.8. The van der Waals surface area contributed by atoms with Gasteiger partial charge >= 0.3 is 0 Å². The van der Waals surface area contributed by atoms with Crippen LogP contribution < -0.4 is 10.3 Å². The molecule has 164 valence electrons. The number of aromatic nitrogens is 3. The van der Waals surface area contributed by atoms with Gasteiger partial charge in [-0.25, -0.2) is 0 Å². The highest BCUT2D eigenvalue weighted by atomic mass is 16.5. The van der Waals surface area contributed by atoms with E-state index in [9.17, 15) is 4.79 Å². The van der Waals surface area contributed by atoms with Crippen molar-refractivity contribution in [3.05, 3.63) is 51.8 Å². The Labute approximate surface area is 181 Å². The van der Waals surface area contributed by atoms with Crippen molar-refractivity contribution < 1.29 is 9.26 Å². The average Bonchev–Trinajstić information content (AvgIpc) is 3.52. The largest absolute Gasteiger partial charge is 0.493 e. The summed E-state index contributed by atoms with van der Waals surface area (Å²) in [6.45, 7) is 5.49. The topological polar surface area (TPSA) is 84.2 Å². The van der Waals surface area contributed by atoms with Crippen LogP contribution in [0.4, 0.5) is 0 Å². The van der Waals surface area contributed by atoms with Gasteiger partial charge < -0.3 is 14.2 Å². The third-order valence-corrected chi connectivity index (χ3v) is 6.74. The van der Waals surface area contributed by atoms with Crippen molar-refractivity contribution in [1.29, 1.82) is 0 Å². The van der Waals surface area contributed by atoms with Crippen molar-refractivity contribution in [1.82, 2.24) is 20.0 Å². The molecule has 1 N–H and O–H groups in total. The Bertz CT molecular complexity index is 1090. The summed E-state index contributed by atoms with van der Waals surface area (Å²) in [5.41, 5.74) is 3.48. The Morgan fingerprint density at radius 1 is 1.16 bits per heavy atom. The number of ether oxygens (including phenoxy) is 1. The molecule has 2 aromatic heterocycles. The number of aromatic amines is 1. The van der Waals surface area contributed by atoms with E-state index in [1.165, 1.54) is 12.8 Å². The SMILES string of the molecule is Cc1c(OCC2CC2)ccc2c(CCC3CCN(Cc4ncc[nH]c4=O)CC3)noc12. The Morgan fingerprint density at radius 3 is 2.77 bits per heavy atom. The smallest absolute Gasteiger partial charge is 0.270 e. The van der Waals surface area contributed by atoms with E-state index in [0.29, 0.717) is 18.2 Å². The Morgan fingerprint density at radius 2 is 2.00 bits per heavy atom. The summed E-state index contributed by atoms with van der Waals surface area (Å²) in [5.74, 6) is 2.32. The van der Waals surface area contributed by atoms with Gasteiger partial charge in [-0.15, -0.1) is 0 Å². The van der Waals surface area contributed by atoms with Gasteiger partial charge in [-0.3, -0.25) is 14.7 Å². The van der Waals surface area contributed by atoms with Crippen molar-refractivity contribution >= 4 is 11.0 Å². The second-order valence-corrected chi connectivity index (χ2v) is 9.07. The molecule has 1 aliphatic heterocycles. The fourth-order valence-corrected chi connectivity index (χ4v) is 4.48. The lowest BCUT2D eigenvalue weighted by Gasteiger charge is -2.31. The lowest BCUT2D eigenvalue weighted by molar-refractivity contribution is 0.170. The first-order valence-corrected chi connectivity index (χ1v) is 11.4. The maximum Gasteiger partial charge on any atom is 0.270 e. The van der Waals surface area contributed by atoms with Crippen LogP contribution in [0.5, 0.6) is 5.75 Å². The number of nitrogens with one attached hydrogen (secondary N) is 1. The minimum Gasteiger partial charge on any atom is -0.493 e. The number of benzene rings is 1. The van der Waals surface area contributed by atoms with Crippen LogP contribution >= 0.6 is 0 Å². The summed E-state index contributed by atoms with van der Waals surface area (Å²) >= 11 is 0. The summed E-state index contributed by atoms with van der Waals surface area (Å²) < 4.78 is 11.7. The molecule has 1 saturated heterocycles. The lowest BCUT2D eigenvalue weighted by atomic mass is 9.91. The highest BCUT2D eigenvalue weighted by Crippen LogP contribution is 2.34. The molecule has 0 unspecified atom stereocenters. The zero-order valence-corrected chi connectivity index (χ0v) is 18.1. The predicted molar refractivity (Wildman–Crippen MR) is 118 cm³/mol. The van der Waals surface area contributed by atoms with Crippen LogP contribution in [0.1, 0.15) is 49.1 Å². The molecule has 7 nitrogen and oxygen atoms in total. The van der Waals surface area contributed by atoms with Gasteiger partial charge in [0.25, 0.3) is 5.56 Å². The number of hydrogen-bond donors (Lipinski definition) is 1. The van der Waals surface area contributed by atoms with E-state index >= 15 is 0 Å². The van der Waals surface area contributed by atoms with E-state index in [4.69, 9.17) is 9.26 Å². The van der Waals surface area contributed by atoms with Gasteiger partial charge in [0.05, 0.1) is 12.3 Å². The number of piperidine rings is 1. The molecule has 0 spiro atoms. The molecule has 1 aromatic carbocycles. The second-order valence-electron chi connectivity index (χ2n) is 9.07. The third kappa shape index (κ3) is 4.66. The Balaban J connectivity index is 1.15. The molecule has 1 aliphatic carbocycles. The van der Waals surface area contributed by atoms with Gasteiger partial charge in [0.15, 0.2) is 5.58 Å². The molecule has 31 heavy (non-hydrogen) atoms. The molecule has 0 radical (unpaired) electrons. The zero-order chi connectivity index (χ0) is 21.2. The molecule has 2 fully saturated rings. The molecule has 1 saturated carbocycles. The minimum absolute atomic E-state index is 0.0843. The molecular formula is C24H30N4O3. The molecule has 2 aliphatic rings. The van der Waals surface area contributed by atoms with Crippen LogP contribution in [-0.2, 0) is 13.0 Å². The van der Waals surface area contributed by atoms with Crippen LogP contribution in [0, 0.1) is 18.8 Å². The molecule has 0 bridgehead atoms. The van der Waals surface area contributed by atoms with E-state index in [0.717, 1.165) is 79.3 Å². The first-order valence-electron chi connectivity index (χ1n) is 11.4. The predicted octanol–water partition coefficient (Wildman–Crippen LogP) is 3.85. The highest BCUT2D eigenvalue weighted by Gasteiger charge is 2.24. The Kier molecular flexibility index (Phi) is 5.76. The van der Waals surface area contributed by atoms with E-state index in [2.05, 4.69) is 39.1 Å². The number of nitrogens with zero attached hydrogens (tertiary/aromatic N) is 3. The highest BCUT2D eigenvalue weighted by molar-refractivity contribution is 5.84. The third-order valence-electron chi connectivity index (χ3n) is 6.74. The zero-order valence-electron chi connectivity index (χ0n) is 18.1. The fraction of sp³-hybridized carbons (Fsp3) is 0.542. The molecule has 3 aromatic rings. The van der Waals surface area contributed by atoms with E-state index in [1.54, 1.807) is 12.4 Å². The quantitative estimate of drug-likeness (QED) is 0.594. The number of H-pyrrole nitrogens is 1. The van der Waals surface area contributed by atoms with Gasteiger partial charge in [-0.05, 0) is 82.5 Å². The Hall–Kier alpha value is -2.67. The number of aryl methyl sites for hydroxylation is 2. The average molecular weight is 423 g/mol. The fourth-order valence-electron chi connectivity index (χ4n) is 4.48. The van der Waals surface area contributed by atoms with Crippen LogP contribution in [0.2, 0.25) is 0 Å². The van der Waals surface area contributed by atoms with Gasteiger partial charge in [0, 0.05) is 29.9 Å². The van der Waals surface area contributed by atoms with E-state index in [-0.39, 0.29) is 5.56 Å². The minimum atomic E-state index is -0.0843. The molecule has 7 heteroatoms. The van der Waals surface area contributed by atoms with Crippen LogP contribution in [-0.4, -0.2) is 39.7 Å². The van der Waals surface area contributed by atoms with Crippen molar-refractivity contribution in [2.24, 2.45) is 11.8 Å². The molecule has 5 rings (SSSR count). The molecular weight excluding hydrogens is 392 g/mol. The van der Waals surface area contributed by atoms with Crippen molar-refractivity contribution in [2.45, 2.75) is 52.0 Å². The summed E-state index contributed by atoms with van der Waals surface area (Å²) in [6.07, 6.45) is 10.1. The van der Waals surface area contributed by atoms with Gasteiger partial charge in [-0.2, -0.15) is 0 Å². The van der Waals surface area contributed by atoms with Crippen molar-refractivity contribution in [3.63, 3.8) is 0 Å².